The molecule has 1 unspecified atom stereocenters. The molecule has 88 valence electrons. The lowest BCUT2D eigenvalue weighted by molar-refractivity contribution is 0.151. The van der Waals surface area contributed by atoms with Crippen LogP contribution in [0.25, 0.3) is 0 Å². The monoisotopic (exact) mass is 222 g/mol. The van der Waals surface area contributed by atoms with Gasteiger partial charge in [-0.1, -0.05) is 30.3 Å². The highest BCUT2D eigenvalue weighted by molar-refractivity contribution is 5.64. The third-order valence-corrected chi connectivity index (χ3v) is 2.29. The van der Waals surface area contributed by atoms with Gasteiger partial charge in [0.05, 0.1) is 6.61 Å². The molecule has 16 heavy (non-hydrogen) atoms. The summed E-state index contributed by atoms with van der Waals surface area (Å²) in [6.07, 6.45) is 0.0470. The lowest BCUT2D eigenvalue weighted by Gasteiger charge is -2.13. The largest absolute Gasteiger partial charge is 0.450 e. The van der Waals surface area contributed by atoms with Gasteiger partial charge in [-0.25, -0.2) is 4.79 Å². The van der Waals surface area contributed by atoms with E-state index < -0.39 is 6.09 Å². The van der Waals surface area contributed by atoms with Gasteiger partial charge in [0.25, 0.3) is 0 Å². The van der Waals surface area contributed by atoms with Crippen LogP contribution in [0, 0.1) is 0 Å². The van der Waals surface area contributed by atoms with E-state index in [4.69, 9.17) is 5.73 Å². The Balaban J connectivity index is 2.15. The summed E-state index contributed by atoms with van der Waals surface area (Å²) in [7, 11) is 0. The van der Waals surface area contributed by atoms with Gasteiger partial charge in [-0.2, -0.15) is 0 Å². The van der Waals surface area contributed by atoms with Crippen LogP contribution in [0.4, 0.5) is 4.79 Å². The van der Waals surface area contributed by atoms with Crippen LogP contribution >= 0.6 is 0 Å². The van der Waals surface area contributed by atoms with E-state index in [9.17, 15) is 4.79 Å². The summed E-state index contributed by atoms with van der Waals surface area (Å²) >= 11 is 0. The van der Waals surface area contributed by atoms with Gasteiger partial charge >= 0.3 is 6.09 Å². The quantitative estimate of drug-likeness (QED) is 0.769. The summed E-state index contributed by atoms with van der Waals surface area (Å²) in [6.45, 7) is 3.23. The lowest BCUT2D eigenvalue weighted by atomic mass is 10.2. The minimum absolute atomic E-state index is 0.291. The zero-order chi connectivity index (χ0) is 11.8. The van der Waals surface area contributed by atoms with Crippen LogP contribution in [0.2, 0.25) is 0 Å². The Labute approximate surface area is 95.8 Å². The standard InChI is InChI=1S/C12H18N2O2/c1-10(7-8-16-12(13)15)14-9-11-5-3-2-4-6-11/h2-6,10,14H,7-9H2,1H3,(H2,13,15). The molecule has 3 N–H and O–H groups in total. The van der Waals surface area contributed by atoms with Crippen molar-refractivity contribution in [1.29, 1.82) is 0 Å². The van der Waals surface area contributed by atoms with Gasteiger partial charge in [-0.15, -0.1) is 0 Å². The molecule has 0 fully saturated rings. The van der Waals surface area contributed by atoms with Crippen LogP contribution in [-0.2, 0) is 11.3 Å². The number of ether oxygens (including phenoxy) is 1. The fourth-order valence-corrected chi connectivity index (χ4v) is 1.33. The second kappa shape index (κ2) is 6.85. The Morgan fingerprint density at radius 2 is 2.12 bits per heavy atom. The summed E-state index contributed by atoms with van der Waals surface area (Å²) in [5, 5.41) is 3.34. The predicted octanol–water partition coefficient (Wildman–Crippen LogP) is 1.65. The average molecular weight is 222 g/mol. The van der Waals surface area contributed by atoms with Crippen molar-refractivity contribution in [2.75, 3.05) is 6.61 Å². The summed E-state index contributed by atoms with van der Waals surface area (Å²) < 4.78 is 4.66. The number of carbonyl (C=O) groups excluding carboxylic acids is 1. The van der Waals surface area contributed by atoms with Crippen molar-refractivity contribution >= 4 is 6.09 Å². The molecule has 1 atom stereocenters. The van der Waals surface area contributed by atoms with E-state index >= 15 is 0 Å². The second-order valence-electron chi connectivity index (χ2n) is 3.72. The van der Waals surface area contributed by atoms with Gasteiger partial charge in [0, 0.05) is 12.6 Å². The van der Waals surface area contributed by atoms with Gasteiger partial charge in [0.2, 0.25) is 0 Å². The first-order valence-electron chi connectivity index (χ1n) is 5.38. The van der Waals surface area contributed by atoms with Gasteiger partial charge < -0.3 is 15.8 Å². The van der Waals surface area contributed by atoms with E-state index in [1.165, 1.54) is 5.56 Å². The molecule has 0 aliphatic heterocycles. The maximum Gasteiger partial charge on any atom is 0.404 e. The Bertz CT molecular complexity index is 314. The third-order valence-electron chi connectivity index (χ3n) is 2.29. The van der Waals surface area contributed by atoms with E-state index in [0.29, 0.717) is 12.6 Å². The lowest BCUT2D eigenvalue weighted by Crippen LogP contribution is -2.27. The summed E-state index contributed by atoms with van der Waals surface area (Å²) in [4.78, 5) is 10.3. The van der Waals surface area contributed by atoms with Crippen LogP contribution in [0.5, 0.6) is 0 Å². The van der Waals surface area contributed by atoms with E-state index in [-0.39, 0.29) is 0 Å². The highest BCUT2D eigenvalue weighted by Gasteiger charge is 2.02. The minimum atomic E-state index is -0.713. The van der Waals surface area contributed by atoms with Crippen molar-refractivity contribution in [3.63, 3.8) is 0 Å². The highest BCUT2D eigenvalue weighted by atomic mass is 16.5. The van der Waals surface area contributed by atoms with Crippen molar-refractivity contribution in [2.24, 2.45) is 5.73 Å². The molecule has 0 heterocycles. The number of nitrogens with one attached hydrogen (secondary N) is 1. The molecule has 0 saturated heterocycles. The third kappa shape index (κ3) is 5.36. The Morgan fingerprint density at radius 3 is 2.75 bits per heavy atom. The van der Waals surface area contributed by atoms with Crippen LogP contribution in [0.1, 0.15) is 18.9 Å². The first-order valence-corrected chi connectivity index (χ1v) is 5.38. The average Bonchev–Trinajstić information content (AvgIpc) is 2.27. The molecule has 0 aliphatic carbocycles. The number of amides is 1. The molecular formula is C12H18N2O2. The number of rotatable bonds is 6. The molecule has 4 nitrogen and oxygen atoms in total. The Morgan fingerprint density at radius 1 is 1.44 bits per heavy atom. The molecule has 0 spiro atoms. The van der Waals surface area contributed by atoms with Crippen molar-refractivity contribution in [3.8, 4) is 0 Å². The first kappa shape index (κ1) is 12.5. The molecule has 1 aromatic carbocycles. The summed E-state index contributed by atoms with van der Waals surface area (Å²) in [6, 6.07) is 10.4. The fraction of sp³-hybridized carbons (Fsp3) is 0.417. The number of benzene rings is 1. The zero-order valence-electron chi connectivity index (χ0n) is 9.48. The van der Waals surface area contributed by atoms with Gasteiger partial charge in [-0.05, 0) is 18.9 Å². The van der Waals surface area contributed by atoms with Crippen LogP contribution in [-0.4, -0.2) is 18.7 Å². The van der Waals surface area contributed by atoms with E-state index in [0.717, 1.165) is 13.0 Å². The predicted molar refractivity (Wildman–Crippen MR) is 62.9 cm³/mol. The molecule has 0 aromatic heterocycles. The maximum atomic E-state index is 10.3. The van der Waals surface area contributed by atoms with Crippen molar-refractivity contribution in [3.05, 3.63) is 35.9 Å². The summed E-state index contributed by atoms with van der Waals surface area (Å²) in [5.41, 5.74) is 6.10. The Kier molecular flexibility index (Phi) is 5.36. The van der Waals surface area contributed by atoms with Gasteiger partial charge in [0.1, 0.15) is 0 Å². The molecule has 0 saturated carbocycles. The Hall–Kier alpha value is -1.55. The van der Waals surface area contributed by atoms with E-state index in [1.807, 2.05) is 25.1 Å². The summed E-state index contributed by atoms with van der Waals surface area (Å²) in [5.74, 6) is 0. The number of hydrogen-bond acceptors (Lipinski definition) is 3. The number of carbonyl (C=O) groups is 1. The second-order valence-corrected chi connectivity index (χ2v) is 3.72. The van der Waals surface area contributed by atoms with Gasteiger partial charge in [-0.3, -0.25) is 0 Å². The van der Waals surface area contributed by atoms with Crippen molar-refractivity contribution in [2.45, 2.75) is 25.9 Å². The number of primary amides is 1. The zero-order valence-corrected chi connectivity index (χ0v) is 9.48. The highest BCUT2D eigenvalue weighted by Crippen LogP contribution is 1.99. The molecular weight excluding hydrogens is 204 g/mol. The van der Waals surface area contributed by atoms with E-state index in [2.05, 4.69) is 22.2 Å². The van der Waals surface area contributed by atoms with E-state index in [1.54, 1.807) is 0 Å². The smallest absolute Gasteiger partial charge is 0.404 e. The SMILES string of the molecule is CC(CCOC(N)=O)NCc1ccccc1. The van der Waals surface area contributed by atoms with Crippen LogP contribution in [0.15, 0.2) is 30.3 Å². The topological polar surface area (TPSA) is 64.3 Å². The first-order chi connectivity index (χ1) is 7.68. The van der Waals surface area contributed by atoms with Crippen molar-refractivity contribution < 1.29 is 9.53 Å². The van der Waals surface area contributed by atoms with Crippen LogP contribution in [0.3, 0.4) is 0 Å². The molecule has 1 aromatic rings. The van der Waals surface area contributed by atoms with Crippen molar-refractivity contribution in [1.82, 2.24) is 5.32 Å². The van der Waals surface area contributed by atoms with Crippen LogP contribution < -0.4 is 11.1 Å². The molecule has 0 aliphatic rings. The fourth-order valence-electron chi connectivity index (χ4n) is 1.33. The molecule has 0 bridgehead atoms. The normalized spacial score (nSPS) is 12.1. The maximum absolute atomic E-state index is 10.3. The molecule has 4 heteroatoms. The van der Waals surface area contributed by atoms with Gasteiger partial charge in [0.15, 0.2) is 0 Å². The molecule has 1 amide bonds. The molecule has 1 rings (SSSR count). The number of nitrogens with two attached hydrogens (primary N) is 1. The minimum Gasteiger partial charge on any atom is -0.450 e. The number of hydrogen-bond donors (Lipinski definition) is 2. The molecule has 0 radical (unpaired) electrons.